The molecule has 0 saturated carbocycles. The van der Waals surface area contributed by atoms with Crippen LogP contribution in [0.2, 0.25) is 0 Å². The highest BCUT2D eigenvalue weighted by molar-refractivity contribution is 7.89. The van der Waals surface area contributed by atoms with E-state index in [1.807, 2.05) is 18.4 Å². The second kappa shape index (κ2) is 6.74. The number of fused-ring (bicyclic) bond motifs is 1. The second-order valence-corrected chi connectivity index (χ2v) is 8.57. The van der Waals surface area contributed by atoms with Crippen molar-refractivity contribution in [1.29, 1.82) is 0 Å². The summed E-state index contributed by atoms with van der Waals surface area (Å²) in [4.78, 5) is 11.7. The molecule has 0 aliphatic carbocycles. The van der Waals surface area contributed by atoms with Crippen molar-refractivity contribution in [3.63, 3.8) is 0 Å². The number of thiophene rings is 1. The first-order chi connectivity index (χ1) is 11.9. The number of nitrogens with zero attached hydrogens (tertiary/aromatic N) is 2. The van der Waals surface area contributed by atoms with Gasteiger partial charge in [0.15, 0.2) is 5.75 Å². The summed E-state index contributed by atoms with van der Waals surface area (Å²) < 4.78 is 32.7. The van der Waals surface area contributed by atoms with Crippen molar-refractivity contribution in [2.24, 2.45) is 0 Å². The van der Waals surface area contributed by atoms with Crippen molar-refractivity contribution < 1.29 is 18.1 Å². The standard InChI is InChI=1S/C16H18N2O5S2/c1-3-13-12-7-9-24-16(12)6-8-17(13)25(21,22)11-4-5-15(23-2)14(10-11)18(19)20/h4-5,7,9-10,13H,3,6,8H2,1-2H3/t13-/m1/s1. The minimum absolute atomic E-state index is 0.0368. The third kappa shape index (κ3) is 3.03. The van der Waals surface area contributed by atoms with Gasteiger partial charge in [-0.05, 0) is 42.0 Å². The minimum Gasteiger partial charge on any atom is -0.490 e. The molecule has 1 aliphatic rings. The van der Waals surface area contributed by atoms with Gasteiger partial charge in [0.25, 0.3) is 0 Å². The van der Waals surface area contributed by atoms with Crippen LogP contribution in [0.4, 0.5) is 5.69 Å². The molecule has 0 amide bonds. The van der Waals surface area contributed by atoms with Crippen molar-refractivity contribution in [1.82, 2.24) is 4.31 Å². The van der Waals surface area contributed by atoms with Crippen LogP contribution in [0.25, 0.3) is 0 Å². The van der Waals surface area contributed by atoms with Gasteiger partial charge in [0, 0.05) is 17.5 Å². The Hall–Kier alpha value is -1.97. The summed E-state index contributed by atoms with van der Waals surface area (Å²) in [5.41, 5.74) is 0.676. The maximum absolute atomic E-state index is 13.1. The highest BCUT2D eigenvalue weighted by Gasteiger charge is 2.36. The van der Waals surface area contributed by atoms with E-state index in [9.17, 15) is 18.5 Å². The number of rotatable bonds is 5. The van der Waals surface area contributed by atoms with E-state index in [2.05, 4.69) is 0 Å². The Morgan fingerprint density at radius 1 is 1.40 bits per heavy atom. The zero-order valence-electron chi connectivity index (χ0n) is 13.8. The first kappa shape index (κ1) is 17.8. The first-order valence-corrected chi connectivity index (χ1v) is 10.1. The monoisotopic (exact) mass is 382 g/mol. The fourth-order valence-corrected chi connectivity index (χ4v) is 5.82. The quantitative estimate of drug-likeness (QED) is 0.584. The molecule has 1 aliphatic heterocycles. The van der Waals surface area contributed by atoms with Gasteiger partial charge in [-0.2, -0.15) is 4.31 Å². The Morgan fingerprint density at radius 2 is 2.16 bits per heavy atom. The molecule has 134 valence electrons. The molecule has 1 aromatic carbocycles. The predicted octanol–water partition coefficient (Wildman–Crippen LogP) is 3.36. The number of hydrogen-bond acceptors (Lipinski definition) is 6. The van der Waals surface area contributed by atoms with Gasteiger partial charge in [0.2, 0.25) is 10.0 Å². The molecule has 0 bridgehead atoms. The highest BCUT2D eigenvalue weighted by atomic mass is 32.2. The van der Waals surface area contributed by atoms with Gasteiger partial charge in [-0.15, -0.1) is 11.3 Å². The van der Waals surface area contributed by atoms with E-state index in [1.54, 1.807) is 11.3 Å². The summed E-state index contributed by atoms with van der Waals surface area (Å²) in [6.45, 7) is 2.31. The molecule has 0 spiro atoms. The molecule has 0 unspecified atom stereocenters. The fraction of sp³-hybridized carbons (Fsp3) is 0.375. The Balaban J connectivity index is 2.05. The largest absolute Gasteiger partial charge is 0.490 e. The molecular formula is C16H18N2O5S2. The lowest BCUT2D eigenvalue weighted by Gasteiger charge is -2.34. The molecule has 2 aromatic rings. The van der Waals surface area contributed by atoms with Crippen LogP contribution in [0, 0.1) is 10.1 Å². The van der Waals surface area contributed by atoms with Crippen molar-refractivity contribution in [3.8, 4) is 5.75 Å². The average Bonchev–Trinajstić information content (AvgIpc) is 3.08. The normalized spacial score (nSPS) is 17.9. The van der Waals surface area contributed by atoms with Crippen molar-refractivity contribution in [3.05, 3.63) is 50.2 Å². The van der Waals surface area contributed by atoms with Crippen molar-refractivity contribution in [2.75, 3.05) is 13.7 Å². The maximum atomic E-state index is 13.1. The van der Waals surface area contributed by atoms with Crippen LogP contribution in [-0.4, -0.2) is 31.3 Å². The summed E-state index contributed by atoms with van der Waals surface area (Å²) in [7, 11) is -2.54. The van der Waals surface area contributed by atoms with E-state index in [1.165, 1.54) is 28.4 Å². The molecule has 3 rings (SSSR count). The van der Waals surface area contributed by atoms with E-state index in [0.717, 1.165) is 11.6 Å². The predicted molar refractivity (Wildman–Crippen MR) is 94.6 cm³/mol. The van der Waals surface area contributed by atoms with Crippen LogP contribution in [-0.2, 0) is 16.4 Å². The lowest BCUT2D eigenvalue weighted by molar-refractivity contribution is -0.386. The molecule has 0 N–H and O–H groups in total. The van der Waals surface area contributed by atoms with Crippen LogP contribution < -0.4 is 4.74 Å². The second-order valence-electron chi connectivity index (χ2n) is 5.68. The molecule has 0 saturated heterocycles. The van der Waals surface area contributed by atoms with Crippen molar-refractivity contribution in [2.45, 2.75) is 30.7 Å². The maximum Gasteiger partial charge on any atom is 0.312 e. The summed E-state index contributed by atoms with van der Waals surface area (Å²) in [6, 6.07) is 5.47. The molecule has 0 fully saturated rings. The van der Waals surface area contributed by atoms with Gasteiger partial charge >= 0.3 is 5.69 Å². The van der Waals surface area contributed by atoms with Crippen LogP contribution in [0.15, 0.2) is 34.5 Å². The van der Waals surface area contributed by atoms with Gasteiger partial charge in [-0.25, -0.2) is 8.42 Å². The molecule has 7 nitrogen and oxygen atoms in total. The molecule has 25 heavy (non-hydrogen) atoms. The molecule has 1 atom stereocenters. The number of ether oxygens (including phenoxy) is 1. The Labute approximate surface area is 150 Å². The number of nitro groups is 1. The average molecular weight is 382 g/mol. The lowest BCUT2D eigenvalue weighted by atomic mass is 10.0. The number of methoxy groups -OCH3 is 1. The lowest BCUT2D eigenvalue weighted by Crippen LogP contribution is -2.39. The Morgan fingerprint density at radius 3 is 2.80 bits per heavy atom. The topological polar surface area (TPSA) is 89.8 Å². The van der Waals surface area contributed by atoms with E-state index in [0.29, 0.717) is 19.4 Å². The van der Waals surface area contributed by atoms with Gasteiger partial charge in [0.1, 0.15) is 0 Å². The summed E-state index contributed by atoms with van der Waals surface area (Å²) in [6.07, 6.45) is 1.29. The Bertz CT molecular complexity index is 907. The third-order valence-corrected chi connectivity index (χ3v) is 7.29. The highest BCUT2D eigenvalue weighted by Crippen LogP contribution is 2.39. The molecule has 9 heteroatoms. The van der Waals surface area contributed by atoms with Crippen LogP contribution >= 0.6 is 11.3 Å². The van der Waals surface area contributed by atoms with E-state index >= 15 is 0 Å². The zero-order valence-corrected chi connectivity index (χ0v) is 15.5. The molecule has 1 aromatic heterocycles. The summed E-state index contributed by atoms with van der Waals surface area (Å²) >= 11 is 1.64. The fourth-order valence-electron chi connectivity index (χ4n) is 3.19. The number of hydrogen-bond donors (Lipinski definition) is 0. The van der Waals surface area contributed by atoms with Gasteiger partial charge in [0.05, 0.1) is 23.0 Å². The zero-order chi connectivity index (χ0) is 18.2. The van der Waals surface area contributed by atoms with E-state index in [4.69, 9.17) is 4.74 Å². The van der Waals surface area contributed by atoms with E-state index in [-0.39, 0.29) is 22.4 Å². The smallest absolute Gasteiger partial charge is 0.312 e. The first-order valence-electron chi connectivity index (χ1n) is 7.80. The van der Waals surface area contributed by atoms with Gasteiger partial charge < -0.3 is 4.74 Å². The number of sulfonamides is 1. The molecule has 2 heterocycles. The number of nitro benzene ring substituents is 1. The third-order valence-electron chi connectivity index (χ3n) is 4.39. The van der Waals surface area contributed by atoms with Gasteiger partial charge in [-0.3, -0.25) is 10.1 Å². The summed E-state index contributed by atoms with van der Waals surface area (Å²) in [5, 5.41) is 13.2. The SMILES string of the molecule is CC[C@@H]1c2ccsc2CCN1S(=O)(=O)c1ccc(OC)c([N+](=O)[O-])c1. The van der Waals surface area contributed by atoms with Gasteiger partial charge in [-0.1, -0.05) is 6.92 Å². The van der Waals surface area contributed by atoms with Crippen LogP contribution in [0.5, 0.6) is 5.75 Å². The van der Waals surface area contributed by atoms with E-state index < -0.39 is 14.9 Å². The van der Waals surface area contributed by atoms with Crippen LogP contribution in [0.1, 0.15) is 29.8 Å². The van der Waals surface area contributed by atoms with Crippen LogP contribution in [0.3, 0.4) is 0 Å². The molecule has 0 radical (unpaired) electrons. The minimum atomic E-state index is -3.85. The molecular weight excluding hydrogens is 364 g/mol. The van der Waals surface area contributed by atoms with Crippen molar-refractivity contribution >= 4 is 27.0 Å². The number of benzene rings is 1. The summed E-state index contributed by atoms with van der Waals surface area (Å²) in [5.74, 6) is 0.0368. The Kier molecular flexibility index (Phi) is 4.81.